The van der Waals surface area contributed by atoms with Gasteiger partial charge in [-0.05, 0) is 66.5 Å². The third kappa shape index (κ3) is 8.90. The highest BCUT2D eigenvalue weighted by atomic mass is 32.2. The molecular formula is C30H35F3N4O5S. The highest BCUT2D eigenvalue weighted by Crippen LogP contribution is 2.30. The fourth-order valence-electron chi connectivity index (χ4n) is 5.35. The lowest BCUT2D eigenvalue weighted by Gasteiger charge is -2.27. The Morgan fingerprint density at radius 3 is 2.37 bits per heavy atom. The van der Waals surface area contributed by atoms with E-state index in [-0.39, 0.29) is 42.6 Å². The summed E-state index contributed by atoms with van der Waals surface area (Å²) in [5, 5.41) is 6.50. The second kappa shape index (κ2) is 13.7. The Morgan fingerprint density at radius 2 is 1.77 bits per heavy atom. The van der Waals surface area contributed by atoms with E-state index in [0.717, 1.165) is 17.5 Å². The van der Waals surface area contributed by atoms with Gasteiger partial charge in [0.2, 0.25) is 21.8 Å². The quantitative estimate of drug-likeness (QED) is 0.355. The van der Waals surface area contributed by atoms with Crippen LogP contribution in [0.15, 0.2) is 60.5 Å². The Morgan fingerprint density at radius 1 is 1.07 bits per heavy atom. The van der Waals surface area contributed by atoms with Gasteiger partial charge in [0.05, 0.1) is 11.5 Å². The zero-order valence-corrected chi connectivity index (χ0v) is 24.3. The molecule has 0 spiro atoms. The van der Waals surface area contributed by atoms with Gasteiger partial charge in [-0.25, -0.2) is 13.1 Å². The van der Waals surface area contributed by atoms with Crippen LogP contribution in [0.3, 0.4) is 0 Å². The molecule has 2 aliphatic rings. The average Bonchev–Trinajstić information content (AvgIpc) is 3.47. The van der Waals surface area contributed by atoms with Gasteiger partial charge in [-0.2, -0.15) is 13.2 Å². The summed E-state index contributed by atoms with van der Waals surface area (Å²) in [4.78, 5) is 39.8. The number of carbonyl (C=O) groups excluding carboxylic acids is 3. The molecule has 0 aliphatic carbocycles. The second-order valence-corrected chi connectivity index (χ2v) is 12.7. The number of halogens is 3. The third-order valence-corrected chi connectivity index (χ3v) is 8.93. The summed E-state index contributed by atoms with van der Waals surface area (Å²) < 4.78 is 64.4. The van der Waals surface area contributed by atoms with Crippen molar-refractivity contribution in [2.24, 2.45) is 11.8 Å². The molecule has 2 aromatic carbocycles. The molecule has 2 saturated heterocycles. The Labute approximate surface area is 249 Å². The summed E-state index contributed by atoms with van der Waals surface area (Å²) in [6.45, 7) is 4.86. The van der Waals surface area contributed by atoms with Gasteiger partial charge in [0, 0.05) is 50.1 Å². The number of rotatable bonds is 11. The van der Waals surface area contributed by atoms with Gasteiger partial charge in [-0.1, -0.05) is 30.8 Å². The van der Waals surface area contributed by atoms with E-state index in [1.165, 1.54) is 12.1 Å². The molecule has 2 heterocycles. The molecule has 0 aromatic heterocycles. The van der Waals surface area contributed by atoms with Gasteiger partial charge in [0.25, 0.3) is 5.91 Å². The molecule has 3 amide bonds. The van der Waals surface area contributed by atoms with Crippen LogP contribution in [0.25, 0.3) is 0 Å². The Bertz CT molecular complexity index is 1420. The number of sulfonamides is 1. The van der Waals surface area contributed by atoms with E-state index in [1.54, 1.807) is 29.2 Å². The van der Waals surface area contributed by atoms with Crippen LogP contribution in [0.1, 0.15) is 58.6 Å². The van der Waals surface area contributed by atoms with Crippen molar-refractivity contribution in [3.63, 3.8) is 0 Å². The van der Waals surface area contributed by atoms with Crippen molar-refractivity contribution in [2.45, 2.75) is 44.3 Å². The molecule has 0 radical (unpaired) electrons. The van der Waals surface area contributed by atoms with Gasteiger partial charge in [-0.15, -0.1) is 0 Å². The van der Waals surface area contributed by atoms with E-state index >= 15 is 0 Å². The molecule has 4 rings (SSSR count). The van der Waals surface area contributed by atoms with E-state index in [9.17, 15) is 36.0 Å². The van der Waals surface area contributed by atoms with Gasteiger partial charge in [0.1, 0.15) is 0 Å². The molecule has 9 nitrogen and oxygen atoms in total. The number of alkyl halides is 3. The van der Waals surface area contributed by atoms with E-state index in [1.807, 2.05) is 0 Å². The normalized spacial score (nSPS) is 19.9. The lowest BCUT2D eigenvalue weighted by molar-refractivity contribution is -0.137. The van der Waals surface area contributed by atoms with E-state index in [2.05, 4.69) is 21.9 Å². The molecular weight excluding hydrogens is 585 g/mol. The molecule has 2 aliphatic heterocycles. The Hall–Kier alpha value is -3.71. The van der Waals surface area contributed by atoms with Crippen molar-refractivity contribution in [1.82, 2.24) is 20.3 Å². The van der Waals surface area contributed by atoms with Gasteiger partial charge >= 0.3 is 6.18 Å². The first-order chi connectivity index (χ1) is 20.3. The number of nitrogens with zero attached hydrogens (tertiary/aromatic N) is 1. The van der Waals surface area contributed by atoms with Gasteiger partial charge in [0.15, 0.2) is 0 Å². The Kier molecular flexibility index (Phi) is 10.3. The van der Waals surface area contributed by atoms with Crippen LogP contribution in [0.2, 0.25) is 0 Å². The van der Waals surface area contributed by atoms with Crippen molar-refractivity contribution in [3.8, 4) is 0 Å². The van der Waals surface area contributed by atoms with Crippen molar-refractivity contribution >= 4 is 27.7 Å². The predicted molar refractivity (Wildman–Crippen MR) is 154 cm³/mol. The Balaban J connectivity index is 1.42. The van der Waals surface area contributed by atoms with Crippen LogP contribution in [0, 0.1) is 11.8 Å². The molecule has 3 atom stereocenters. The van der Waals surface area contributed by atoms with Crippen molar-refractivity contribution in [3.05, 3.63) is 82.8 Å². The summed E-state index contributed by atoms with van der Waals surface area (Å²) in [6, 6.07) is 11.4. The average molecular weight is 621 g/mol. The fourth-order valence-corrected chi connectivity index (χ4v) is 5.94. The molecule has 13 heteroatoms. The standard InChI is InChI=1S/C30H35F3N4O5S/c1-2-43(41,42)36-18-22-13-14-37(19-22)29(40)24-8-6-23(7-9-24)26(15-21-5-12-27(38)34-17-21)28(39)35-16-20-3-10-25(11-4-20)30(31,32)33/h2-4,6-11,21-22,26,36H,1,5,12-19H2,(H,34,38)(H,35,39)/t21?,22-,26+/m1/s1. The molecule has 0 saturated carbocycles. The number of hydrogen-bond acceptors (Lipinski definition) is 5. The maximum absolute atomic E-state index is 13.4. The van der Waals surface area contributed by atoms with Crippen molar-refractivity contribution in [2.75, 3.05) is 26.2 Å². The minimum absolute atomic E-state index is 0.0216. The molecule has 0 bridgehead atoms. The number of likely N-dealkylation sites (tertiary alicyclic amines) is 1. The van der Waals surface area contributed by atoms with Gasteiger partial charge < -0.3 is 15.5 Å². The van der Waals surface area contributed by atoms with Crippen LogP contribution in [0.4, 0.5) is 13.2 Å². The first-order valence-corrected chi connectivity index (χ1v) is 15.6. The topological polar surface area (TPSA) is 125 Å². The monoisotopic (exact) mass is 620 g/mol. The summed E-state index contributed by atoms with van der Waals surface area (Å²) in [5.74, 6) is -1.11. The number of piperidine rings is 1. The maximum atomic E-state index is 13.4. The number of carbonyl (C=O) groups is 3. The minimum Gasteiger partial charge on any atom is -0.356 e. The van der Waals surface area contributed by atoms with Crippen LogP contribution in [-0.2, 0) is 32.3 Å². The van der Waals surface area contributed by atoms with Gasteiger partial charge in [-0.3, -0.25) is 14.4 Å². The van der Waals surface area contributed by atoms with E-state index in [0.29, 0.717) is 62.0 Å². The van der Waals surface area contributed by atoms with E-state index in [4.69, 9.17) is 0 Å². The van der Waals surface area contributed by atoms with E-state index < -0.39 is 27.7 Å². The zero-order chi connectivity index (χ0) is 31.2. The number of nitrogens with one attached hydrogen (secondary N) is 3. The third-order valence-electron chi connectivity index (χ3n) is 7.93. The summed E-state index contributed by atoms with van der Waals surface area (Å²) in [7, 11) is -3.54. The lowest BCUT2D eigenvalue weighted by Crippen LogP contribution is -2.37. The van der Waals surface area contributed by atoms with Crippen molar-refractivity contribution < 1.29 is 36.0 Å². The summed E-state index contributed by atoms with van der Waals surface area (Å²) in [6.07, 6.45) is -2.35. The van der Waals surface area contributed by atoms with Crippen LogP contribution in [-0.4, -0.2) is 57.2 Å². The molecule has 2 fully saturated rings. The molecule has 232 valence electrons. The zero-order valence-electron chi connectivity index (χ0n) is 23.5. The molecule has 43 heavy (non-hydrogen) atoms. The maximum Gasteiger partial charge on any atom is 0.416 e. The highest BCUT2D eigenvalue weighted by molar-refractivity contribution is 7.92. The first kappa shape index (κ1) is 32.2. The number of benzene rings is 2. The molecule has 2 aromatic rings. The minimum atomic E-state index is -4.45. The molecule has 3 N–H and O–H groups in total. The second-order valence-electron chi connectivity index (χ2n) is 11.0. The smallest absolute Gasteiger partial charge is 0.356 e. The number of hydrogen-bond donors (Lipinski definition) is 3. The summed E-state index contributed by atoms with van der Waals surface area (Å²) >= 11 is 0. The number of amides is 3. The fraction of sp³-hybridized carbons (Fsp3) is 0.433. The van der Waals surface area contributed by atoms with Crippen LogP contribution in [0.5, 0.6) is 0 Å². The van der Waals surface area contributed by atoms with Crippen molar-refractivity contribution in [1.29, 1.82) is 0 Å². The SMILES string of the molecule is C=CS(=O)(=O)NC[C@H]1CCN(C(=O)c2ccc([C@H](CC3CCC(=O)NC3)C(=O)NCc3ccc(C(F)(F)F)cc3)cc2)C1. The predicted octanol–water partition coefficient (Wildman–Crippen LogP) is 3.55. The summed E-state index contributed by atoms with van der Waals surface area (Å²) in [5.41, 5.74) is 0.866. The van der Waals surface area contributed by atoms with Crippen LogP contribution >= 0.6 is 0 Å². The lowest BCUT2D eigenvalue weighted by atomic mass is 9.84. The first-order valence-electron chi connectivity index (χ1n) is 14.1. The largest absolute Gasteiger partial charge is 0.416 e. The van der Waals surface area contributed by atoms with Crippen LogP contribution < -0.4 is 15.4 Å². The molecule has 1 unspecified atom stereocenters. The highest BCUT2D eigenvalue weighted by Gasteiger charge is 2.31.